The third kappa shape index (κ3) is 3.21. The van der Waals surface area contributed by atoms with E-state index in [1.807, 2.05) is 0 Å². The molecule has 118 valence electrons. The molecule has 2 aromatic rings. The van der Waals surface area contributed by atoms with Gasteiger partial charge in [-0.3, -0.25) is 4.79 Å². The van der Waals surface area contributed by atoms with Crippen molar-refractivity contribution in [3.63, 3.8) is 0 Å². The zero-order valence-corrected chi connectivity index (χ0v) is 12.3. The molecule has 22 heavy (non-hydrogen) atoms. The molecule has 1 aliphatic rings. The normalized spacial score (nSPS) is 15.8. The van der Waals surface area contributed by atoms with Crippen molar-refractivity contribution in [2.75, 3.05) is 0 Å². The lowest BCUT2D eigenvalue weighted by Crippen LogP contribution is -2.21. The van der Waals surface area contributed by atoms with E-state index in [2.05, 4.69) is 14.7 Å². The average molecular weight is 330 g/mol. The van der Waals surface area contributed by atoms with E-state index in [0.717, 1.165) is 24.1 Å². The van der Waals surface area contributed by atoms with Crippen LogP contribution < -0.4 is 0 Å². The van der Waals surface area contributed by atoms with Gasteiger partial charge in [0.05, 0.1) is 4.88 Å². The van der Waals surface area contributed by atoms with Crippen molar-refractivity contribution in [1.29, 1.82) is 0 Å². The number of nitrogens with zero attached hydrogens (tertiary/aromatic N) is 2. The second-order valence-electron chi connectivity index (χ2n) is 5.28. The Balaban J connectivity index is 1.63. The van der Waals surface area contributed by atoms with Crippen molar-refractivity contribution in [3.05, 3.63) is 22.9 Å². The first-order valence-corrected chi connectivity index (χ1v) is 7.78. The van der Waals surface area contributed by atoms with E-state index < -0.39 is 12.1 Å². The summed E-state index contributed by atoms with van der Waals surface area (Å²) in [6.07, 6.45) is -0.469. The maximum atomic E-state index is 12.4. The van der Waals surface area contributed by atoms with Gasteiger partial charge >= 0.3 is 12.1 Å². The van der Waals surface area contributed by atoms with Gasteiger partial charge < -0.3 is 4.52 Å². The zero-order chi connectivity index (χ0) is 15.7. The lowest BCUT2D eigenvalue weighted by Gasteiger charge is -2.23. The second-order valence-corrected chi connectivity index (χ2v) is 6.45. The van der Waals surface area contributed by atoms with Gasteiger partial charge in [0.1, 0.15) is 5.78 Å². The SMILES string of the molecule is O=C(CCc1ccc(-c2noc(C(F)(F)F)n2)s1)C1CCC1. The maximum Gasteiger partial charge on any atom is 0.471 e. The van der Waals surface area contributed by atoms with Gasteiger partial charge in [-0.2, -0.15) is 18.2 Å². The number of aromatic nitrogens is 2. The molecule has 0 aromatic carbocycles. The minimum Gasteiger partial charge on any atom is -0.329 e. The van der Waals surface area contributed by atoms with E-state index in [4.69, 9.17) is 0 Å². The summed E-state index contributed by atoms with van der Waals surface area (Å²) in [6.45, 7) is 0. The Bertz CT molecular complexity index is 674. The summed E-state index contributed by atoms with van der Waals surface area (Å²) in [7, 11) is 0. The van der Waals surface area contributed by atoms with E-state index in [1.165, 1.54) is 11.3 Å². The number of aryl methyl sites for hydroxylation is 1. The number of alkyl halides is 3. The molecule has 0 spiro atoms. The number of carbonyl (C=O) groups is 1. The summed E-state index contributed by atoms with van der Waals surface area (Å²) in [4.78, 5) is 16.6. The predicted octanol–water partition coefficient (Wildman–Crippen LogP) is 4.12. The Kier molecular flexibility index (Phi) is 4.03. The molecule has 0 saturated heterocycles. The van der Waals surface area contributed by atoms with Crippen LogP contribution in [0.15, 0.2) is 16.7 Å². The van der Waals surface area contributed by atoms with Crippen LogP contribution in [-0.2, 0) is 17.4 Å². The fourth-order valence-corrected chi connectivity index (χ4v) is 3.18. The van der Waals surface area contributed by atoms with Crippen LogP contribution in [0.25, 0.3) is 10.7 Å². The molecule has 1 fully saturated rings. The van der Waals surface area contributed by atoms with E-state index in [-0.39, 0.29) is 17.5 Å². The number of hydrogen-bond donors (Lipinski definition) is 0. The minimum absolute atomic E-state index is 0.0751. The highest BCUT2D eigenvalue weighted by Gasteiger charge is 2.38. The quantitative estimate of drug-likeness (QED) is 0.827. The largest absolute Gasteiger partial charge is 0.471 e. The molecule has 4 nitrogen and oxygen atoms in total. The standard InChI is InChI=1S/C14H13F3N2O2S/c15-14(16,17)13-18-12(19-21-13)11-7-5-9(22-11)4-6-10(20)8-2-1-3-8/h5,7-8H,1-4,6H2. The highest BCUT2D eigenvalue weighted by Crippen LogP contribution is 2.33. The van der Waals surface area contributed by atoms with Gasteiger partial charge in [-0.1, -0.05) is 11.6 Å². The first kappa shape index (κ1) is 15.2. The molecule has 0 radical (unpaired) electrons. The van der Waals surface area contributed by atoms with Crippen LogP contribution in [-0.4, -0.2) is 15.9 Å². The van der Waals surface area contributed by atoms with Crippen molar-refractivity contribution in [3.8, 4) is 10.7 Å². The second kappa shape index (κ2) is 5.83. The molecular weight excluding hydrogens is 317 g/mol. The molecule has 0 unspecified atom stereocenters. The molecule has 2 aromatic heterocycles. The van der Waals surface area contributed by atoms with Crippen LogP contribution >= 0.6 is 11.3 Å². The van der Waals surface area contributed by atoms with Crippen molar-refractivity contribution in [2.24, 2.45) is 5.92 Å². The summed E-state index contributed by atoms with van der Waals surface area (Å²) in [5.41, 5.74) is 0. The number of rotatable bonds is 5. The van der Waals surface area contributed by atoms with Gasteiger partial charge in [0.25, 0.3) is 0 Å². The monoisotopic (exact) mass is 330 g/mol. The maximum absolute atomic E-state index is 12.4. The van der Waals surface area contributed by atoms with Crippen LogP contribution in [0, 0.1) is 5.92 Å². The van der Waals surface area contributed by atoms with Crippen LogP contribution in [0.5, 0.6) is 0 Å². The minimum atomic E-state index is -4.64. The summed E-state index contributed by atoms with van der Waals surface area (Å²) < 4.78 is 41.5. The Labute approximate surface area is 128 Å². The molecule has 0 bridgehead atoms. The highest BCUT2D eigenvalue weighted by atomic mass is 32.1. The molecule has 0 aliphatic heterocycles. The van der Waals surface area contributed by atoms with Gasteiger partial charge in [0, 0.05) is 17.2 Å². The third-order valence-electron chi connectivity index (χ3n) is 3.73. The molecule has 2 heterocycles. The van der Waals surface area contributed by atoms with Crippen LogP contribution in [0.1, 0.15) is 36.5 Å². The zero-order valence-electron chi connectivity index (χ0n) is 11.5. The molecule has 0 atom stereocenters. The predicted molar refractivity (Wildman–Crippen MR) is 73.3 cm³/mol. The lowest BCUT2D eigenvalue weighted by atomic mass is 9.81. The molecule has 0 N–H and O–H groups in total. The van der Waals surface area contributed by atoms with Gasteiger partial charge in [-0.25, -0.2) is 0 Å². The summed E-state index contributed by atoms with van der Waals surface area (Å²) in [5.74, 6) is -0.933. The lowest BCUT2D eigenvalue weighted by molar-refractivity contribution is -0.159. The smallest absolute Gasteiger partial charge is 0.329 e. The van der Waals surface area contributed by atoms with Crippen molar-refractivity contribution in [2.45, 2.75) is 38.3 Å². The number of ketones is 1. The van der Waals surface area contributed by atoms with Crippen molar-refractivity contribution < 1.29 is 22.5 Å². The van der Waals surface area contributed by atoms with Gasteiger partial charge in [0.2, 0.25) is 5.82 Å². The van der Waals surface area contributed by atoms with E-state index in [9.17, 15) is 18.0 Å². The van der Waals surface area contributed by atoms with Crippen molar-refractivity contribution >= 4 is 17.1 Å². The fraction of sp³-hybridized carbons (Fsp3) is 0.500. The van der Waals surface area contributed by atoms with Gasteiger partial charge in [0.15, 0.2) is 0 Å². The van der Waals surface area contributed by atoms with Crippen LogP contribution in [0.2, 0.25) is 0 Å². The van der Waals surface area contributed by atoms with Crippen LogP contribution in [0.4, 0.5) is 13.2 Å². The number of carbonyl (C=O) groups excluding carboxylic acids is 1. The number of halogens is 3. The molecule has 1 aliphatic carbocycles. The van der Waals surface area contributed by atoms with E-state index >= 15 is 0 Å². The Hall–Kier alpha value is -1.70. The fourth-order valence-electron chi connectivity index (χ4n) is 2.25. The van der Waals surface area contributed by atoms with E-state index in [1.54, 1.807) is 12.1 Å². The third-order valence-corrected chi connectivity index (χ3v) is 4.87. The van der Waals surface area contributed by atoms with Gasteiger partial charge in [-0.05, 0) is 31.4 Å². The topological polar surface area (TPSA) is 56.0 Å². The van der Waals surface area contributed by atoms with E-state index in [0.29, 0.717) is 17.7 Å². The molecule has 3 rings (SSSR count). The Morgan fingerprint density at radius 1 is 1.36 bits per heavy atom. The first-order valence-electron chi connectivity index (χ1n) is 6.96. The average Bonchev–Trinajstić information content (AvgIpc) is 3.02. The number of Topliss-reactive ketones (excluding diaryl/α,β-unsaturated/α-hetero) is 1. The molecule has 8 heteroatoms. The molecular formula is C14H13F3N2O2S. The highest BCUT2D eigenvalue weighted by molar-refractivity contribution is 7.15. The Morgan fingerprint density at radius 2 is 2.14 bits per heavy atom. The number of thiophene rings is 1. The van der Waals surface area contributed by atoms with Crippen LogP contribution in [0.3, 0.4) is 0 Å². The molecule has 1 saturated carbocycles. The summed E-state index contributed by atoms with van der Waals surface area (Å²) in [5, 5.41) is 3.35. The summed E-state index contributed by atoms with van der Waals surface area (Å²) in [6, 6.07) is 3.44. The summed E-state index contributed by atoms with van der Waals surface area (Å²) >= 11 is 1.28. The first-order chi connectivity index (χ1) is 10.4. The van der Waals surface area contributed by atoms with Gasteiger partial charge in [-0.15, -0.1) is 11.3 Å². The van der Waals surface area contributed by atoms with Crippen molar-refractivity contribution in [1.82, 2.24) is 10.1 Å². The Morgan fingerprint density at radius 3 is 2.73 bits per heavy atom. The molecule has 0 amide bonds. The number of hydrogen-bond acceptors (Lipinski definition) is 5.